The van der Waals surface area contributed by atoms with Crippen molar-refractivity contribution in [2.75, 3.05) is 59.7 Å². The summed E-state index contributed by atoms with van der Waals surface area (Å²) in [4.78, 5) is 42.7. The molecule has 4 bridgehead atoms. The molecule has 2 atom stereocenters. The third kappa shape index (κ3) is 6.80. The zero-order valence-corrected chi connectivity index (χ0v) is 22.3. The van der Waals surface area contributed by atoms with E-state index >= 15 is 0 Å². The zero-order valence-electron chi connectivity index (χ0n) is 22.3. The lowest BCUT2D eigenvalue weighted by atomic mass is 10.0. The number of fused-ring (bicyclic) bond motifs is 5. The number of methoxy groups -OCH3 is 1. The molecular formula is C28H33FN4O7. The van der Waals surface area contributed by atoms with Crippen molar-refractivity contribution in [1.29, 1.82) is 0 Å². The minimum absolute atomic E-state index is 0.0364. The number of hydrogen-bond acceptors (Lipinski definition) is 8. The van der Waals surface area contributed by atoms with Crippen LogP contribution in [0.4, 0.5) is 4.39 Å². The van der Waals surface area contributed by atoms with Crippen molar-refractivity contribution in [3.63, 3.8) is 0 Å². The fourth-order valence-electron chi connectivity index (χ4n) is 5.03. The molecule has 0 aliphatic carbocycles. The van der Waals surface area contributed by atoms with Gasteiger partial charge in [-0.1, -0.05) is 0 Å². The Kier molecular flexibility index (Phi) is 8.66. The van der Waals surface area contributed by atoms with Crippen molar-refractivity contribution in [1.82, 2.24) is 20.4 Å². The molecule has 2 aromatic rings. The van der Waals surface area contributed by atoms with Crippen LogP contribution < -0.4 is 24.8 Å². The van der Waals surface area contributed by atoms with Gasteiger partial charge in [-0.3, -0.25) is 19.3 Å². The molecule has 214 valence electrons. The largest absolute Gasteiger partial charge is 0.493 e. The average molecular weight is 557 g/mol. The highest BCUT2D eigenvalue weighted by Gasteiger charge is 2.35. The van der Waals surface area contributed by atoms with Crippen LogP contribution in [0.25, 0.3) is 0 Å². The van der Waals surface area contributed by atoms with Crippen LogP contribution in [0.15, 0.2) is 36.4 Å². The number of morpholine rings is 1. The molecule has 0 spiro atoms. The molecular weight excluding hydrogens is 523 g/mol. The second-order valence-corrected chi connectivity index (χ2v) is 9.98. The number of nitrogens with zero attached hydrogens (tertiary/aromatic N) is 2. The predicted octanol–water partition coefficient (Wildman–Crippen LogP) is 0.953. The molecule has 40 heavy (non-hydrogen) atoms. The van der Waals surface area contributed by atoms with E-state index in [1.165, 1.54) is 25.3 Å². The number of carbonyl (C=O) groups excluding carboxylic acids is 3. The van der Waals surface area contributed by atoms with Crippen LogP contribution >= 0.6 is 0 Å². The van der Waals surface area contributed by atoms with Gasteiger partial charge in [0, 0.05) is 50.8 Å². The second-order valence-electron chi connectivity index (χ2n) is 9.98. The summed E-state index contributed by atoms with van der Waals surface area (Å²) >= 11 is 0. The number of halogens is 1. The lowest BCUT2D eigenvalue weighted by molar-refractivity contribution is -0.136. The van der Waals surface area contributed by atoms with Crippen molar-refractivity contribution in [3.8, 4) is 17.2 Å². The van der Waals surface area contributed by atoms with Gasteiger partial charge in [-0.05, 0) is 35.9 Å². The van der Waals surface area contributed by atoms with Gasteiger partial charge in [0.05, 0.1) is 32.9 Å². The lowest BCUT2D eigenvalue weighted by Crippen LogP contribution is -2.59. The number of likely N-dealkylation sites (tertiary alicyclic amines) is 1. The summed E-state index contributed by atoms with van der Waals surface area (Å²) in [5.74, 6) is -0.530. The molecule has 0 unspecified atom stereocenters. The number of carbonyl (C=O) groups is 3. The molecule has 0 aromatic heterocycles. The van der Waals surface area contributed by atoms with E-state index < -0.39 is 29.8 Å². The summed E-state index contributed by atoms with van der Waals surface area (Å²) < 4.78 is 37.0. The summed E-state index contributed by atoms with van der Waals surface area (Å²) in [5, 5.41) is 5.71. The molecule has 5 rings (SSSR count). The highest BCUT2D eigenvalue weighted by atomic mass is 19.1. The second kappa shape index (κ2) is 12.5. The fraction of sp³-hybridized carbons (Fsp3) is 0.464. The Morgan fingerprint density at radius 1 is 1.12 bits per heavy atom. The summed E-state index contributed by atoms with van der Waals surface area (Å²) in [6.45, 7) is 3.24. The number of amides is 3. The first-order chi connectivity index (χ1) is 19.4. The molecule has 3 amide bonds. The number of benzene rings is 2. The van der Waals surface area contributed by atoms with Gasteiger partial charge >= 0.3 is 0 Å². The predicted molar refractivity (Wildman–Crippen MR) is 141 cm³/mol. The maximum Gasteiger partial charge on any atom is 0.258 e. The molecule has 2 saturated heterocycles. The number of hydrogen-bond donors (Lipinski definition) is 2. The fourth-order valence-corrected chi connectivity index (χ4v) is 5.03. The van der Waals surface area contributed by atoms with E-state index in [-0.39, 0.29) is 49.2 Å². The smallest absolute Gasteiger partial charge is 0.258 e. The summed E-state index contributed by atoms with van der Waals surface area (Å²) in [6, 6.07) is 8.34. The Balaban J connectivity index is 1.41. The highest BCUT2D eigenvalue weighted by Crippen LogP contribution is 2.29. The molecule has 11 nitrogen and oxygen atoms in total. The first-order valence-electron chi connectivity index (χ1n) is 13.3. The first-order valence-corrected chi connectivity index (χ1v) is 13.3. The minimum atomic E-state index is -0.569. The molecule has 2 aromatic carbocycles. The van der Waals surface area contributed by atoms with Crippen molar-refractivity contribution in [3.05, 3.63) is 53.3 Å². The monoisotopic (exact) mass is 556 g/mol. The van der Waals surface area contributed by atoms with Gasteiger partial charge in [-0.15, -0.1) is 0 Å². The van der Waals surface area contributed by atoms with Gasteiger partial charge in [0.1, 0.15) is 17.7 Å². The third-order valence-electron chi connectivity index (χ3n) is 7.17. The van der Waals surface area contributed by atoms with Crippen LogP contribution in [-0.2, 0) is 20.9 Å². The van der Waals surface area contributed by atoms with E-state index in [0.717, 1.165) is 0 Å². The van der Waals surface area contributed by atoms with Gasteiger partial charge in [0.2, 0.25) is 5.91 Å². The van der Waals surface area contributed by atoms with E-state index in [4.69, 9.17) is 18.9 Å². The Morgan fingerprint density at radius 2 is 1.95 bits per heavy atom. The number of nitrogens with one attached hydrogen (secondary N) is 2. The van der Waals surface area contributed by atoms with E-state index in [9.17, 15) is 18.8 Å². The SMILES string of the molecule is COc1ccc2cc1OCC(=O)NCc1cc(F)cc(c1)O[C@@H]1CCN(C(=O)CN3CCOCC3)C[C@@H]1NC2=O. The van der Waals surface area contributed by atoms with Gasteiger partial charge in [-0.2, -0.15) is 0 Å². The number of rotatable bonds is 3. The molecule has 0 radical (unpaired) electrons. The Morgan fingerprint density at radius 3 is 2.75 bits per heavy atom. The van der Waals surface area contributed by atoms with Crippen molar-refractivity contribution in [2.24, 2.45) is 0 Å². The molecule has 2 N–H and O–H groups in total. The Bertz CT molecular complexity index is 1250. The van der Waals surface area contributed by atoms with Crippen molar-refractivity contribution >= 4 is 17.7 Å². The van der Waals surface area contributed by atoms with Gasteiger partial charge in [0.15, 0.2) is 18.1 Å². The molecule has 3 heterocycles. The molecule has 2 fully saturated rings. The molecule has 12 heteroatoms. The summed E-state index contributed by atoms with van der Waals surface area (Å²) in [7, 11) is 1.46. The summed E-state index contributed by atoms with van der Waals surface area (Å²) in [5.41, 5.74) is 0.792. The first kappa shape index (κ1) is 27.7. The maximum absolute atomic E-state index is 14.5. The number of ether oxygens (including phenoxy) is 4. The number of piperidine rings is 1. The summed E-state index contributed by atoms with van der Waals surface area (Å²) in [6.07, 6.45) is -0.0955. The topological polar surface area (TPSA) is 119 Å². The van der Waals surface area contributed by atoms with E-state index in [0.29, 0.717) is 50.6 Å². The lowest BCUT2D eigenvalue weighted by Gasteiger charge is -2.39. The molecule has 3 aliphatic heterocycles. The van der Waals surface area contributed by atoms with E-state index in [1.54, 1.807) is 23.1 Å². The van der Waals surface area contributed by atoms with Crippen LogP contribution in [0.3, 0.4) is 0 Å². The maximum atomic E-state index is 14.5. The van der Waals surface area contributed by atoms with Gasteiger partial charge < -0.3 is 34.5 Å². The van der Waals surface area contributed by atoms with Crippen molar-refractivity contribution in [2.45, 2.75) is 25.1 Å². The zero-order chi connectivity index (χ0) is 28.1. The van der Waals surface area contributed by atoms with Gasteiger partial charge in [0.25, 0.3) is 11.8 Å². The van der Waals surface area contributed by atoms with Crippen LogP contribution in [0.1, 0.15) is 22.3 Å². The van der Waals surface area contributed by atoms with Crippen LogP contribution in [-0.4, -0.2) is 99.3 Å². The van der Waals surface area contributed by atoms with Crippen LogP contribution in [0.2, 0.25) is 0 Å². The minimum Gasteiger partial charge on any atom is -0.493 e. The molecule has 3 aliphatic rings. The van der Waals surface area contributed by atoms with Crippen LogP contribution in [0.5, 0.6) is 17.2 Å². The standard InChI is InChI=1S/C28H33FN4O7/c1-37-24-3-2-19-12-25(24)39-17-26(34)30-14-18-10-20(29)13-21(11-18)40-23-4-5-33(15-22(23)31-28(19)36)27(35)16-32-6-8-38-9-7-32/h2-3,10-13,22-23H,4-9,14-17H2,1H3,(H,30,34)(H,31,36)/t22-,23+/m0/s1. The third-order valence-corrected chi connectivity index (χ3v) is 7.17. The van der Waals surface area contributed by atoms with Gasteiger partial charge in [-0.25, -0.2) is 4.39 Å². The average Bonchev–Trinajstić information content (AvgIpc) is 2.95. The van der Waals surface area contributed by atoms with E-state index in [2.05, 4.69) is 15.5 Å². The highest BCUT2D eigenvalue weighted by molar-refractivity contribution is 5.95. The van der Waals surface area contributed by atoms with Crippen LogP contribution in [0, 0.1) is 5.82 Å². The Labute approximate surface area is 231 Å². The quantitative estimate of drug-likeness (QED) is 0.574. The molecule has 0 saturated carbocycles. The van der Waals surface area contributed by atoms with E-state index in [1.807, 2.05) is 0 Å². The van der Waals surface area contributed by atoms with Crippen molar-refractivity contribution < 1.29 is 37.7 Å². The normalized spacial score (nSPS) is 22.2. The Hall–Kier alpha value is -3.90.